The minimum atomic E-state index is -0.971. The van der Waals surface area contributed by atoms with E-state index >= 15 is 0 Å². The normalized spacial score (nSPS) is 10.2. The summed E-state index contributed by atoms with van der Waals surface area (Å²) in [6, 6.07) is 7.01. The van der Waals surface area contributed by atoms with E-state index in [1.165, 1.54) is 30.5 Å². The number of carboxylic acid groups (broad SMARTS) is 1. The van der Waals surface area contributed by atoms with E-state index in [1.54, 1.807) is 13.0 Å². The molecule has 108 valence electrons. The molecule has 0 atom stereocenters. The Balaban J connectivity index is 2.10. The molecule has 0 unspecified atom stereocenters. The predicted octanol–water partition coefficient (Wildman–Crippen LogP) is 2.41. The minimum absolute atomic E-state index is 0.175. The highest BCUT2D eigenvalue weighted by Crippen LogP contribution is 2.13. The van der Waals surface area contributed by atoms with Gasteiger partial charge in [0.2, 0.25) is 0 Å². The Morgan fingerprint density at radius 1 is 1.29 bits per heavy atom. The number of benzene rings is 1. The van der Waals surface area contributed by atoms with Gasteiger partial charge in [-0.25, -0.2) is 4.39 Å². The van der Waals surface area contributed by atoms with Gasteiger partial charge in [0.15, 0.2) is 0 Å². The third-order valence-corrected chi connectivity index (χ3v) is 2.85. The van der Waals surface area contributed by atoms with Crippen molar-refractivity contribution in [2.75, 3.05) is 5.32 Å². The number of nitrogens with one attached hydrogen (secondary N) is 1. The number of carbonyl (C=O) groups excluding carboxylic acids is 1. The molecule has 0 spiro atoms. The number of aromatic nitrogens is 1. The first-order chi connectivity index (χ1) is 9.95. The standard InChI is InChI=1S/C15H13FN2O3/c1-9-6-10(16)2-5-13(9)15(21)18-12-4-3-11(17-8-12)7-14(19)20/h2-6,8H,7H2,1H3,(H,18,21)(H,19,20). The fourth-order valence-corrected chi connectivity index (χ4v) is 1.84. The van der Waals surface area contributed by atoms with Crippen LogP contribution in [0.25, 0.3) is 0 Å². The summed E-state index contributed by atoms with van der Waals surface area (Å²) in [4.78, 5) is 26.5. The van der Waals surface area contributed by atoms with E-state index in [1.807, 2.05) is 0 Å². The van der Waals surface area contributed by atoms with Gasteiger partial charge < -0.3 is 10.4 Å². The molecule has 0 saturated carbocycles. The number of pyridine rings is 1. The molecule has 1 aromatic heterocycles. The van der Waals surface area contributed by atoms with E-state index in [0.717, 1.165) is 0 Å². The minimum Gasteiger partial charge on any atom is -0.481 e. The van der Waals surface area contributed by atoms with Gasteiger partial charge in [-0.05, 0) is 42.8 Å². The lowest BCUT2D eigenvalue weighted by Gasteiger charge is -2.08. The van der Waals surface area contributed by atoms with Crippen molar-refractivity contribution >= 4 is 17.6 Å². The first kappa shape index (κ1) is 14.6. The number of amides is 1. The second-order valence-corrected chi connectivity index (χ2v) is 4.52. The van der Waals surface area contributed by atoms with Gasteiger partial charge in [0.05, 0.1) is 24.0 Å². The lowest BCUT2D eigenvalue weighted by Crippen LogP contribution is -2.14. The van der Waals surface area contributed by atoms with Crippen molar-refractivity contribution in [3.63, 3.8) is 0 Å². The summed E-state index contributed by atoms with van der Waals surface area (Å²) < 4.78 is 13.0. The van der Waals surface area contributed by atoms with Crippen LogP contribution in [0.1, 0.15) is 21.6 Å². The highest BCUT2D eigenvalue weighted by atomic mass is 19.1. The molecule has 1 amide bonds. The van der Waals surface area contributed by atoms with Crippen molar-refractivity contribution < 1.29 is 19.1 Å². The molecule has 1 aromatic carbocycles. The van der Waals surface area contributed by atoms with Crippen LogP contribution in [0.4, 0.5) is 10.1 Å². The molecule has 0 radical (unpaired) electrons. The van der Waals surface area contributed by atoms with Crippen LogP contribution in [0.3, 0.4) is 0 Å². The average Bonchev–Trinajstić information content (AvgIpc) is 2.40. The van der Waals surface area contributed by atoms with Crippen molar-refractivity contribution in [2.24, 2.45) is 0 Å². The van der Waals surface area contributed by atoms with Crippen LogP contribution >= 0.6 is 0 Å². The molecule has 21 heavy (non-hydrogen) atoms. The summed E-state index contributed by atoms with van der Waals surface area (Å²) in [5, 5.41) is 11.3. The summed E-state index contributed by atoms with van der Waals surface area (Å²) in [5.74, 6) is -1.75. The van der Waals surface area contributed by atoms with Crippen LogP contribution in [0.5, 0.6) is 0 Å². The fourth-order valence-electron chi connectivity index (χ4n) is 1.84. The van der Waals surface area contributed by atoms with Gasteiger partial charge in [0.25, 0.3) is 5.91 Å². The summed E-state index contributed by atoms with van der Waals surface area (Å²) in [7, 11) is 0. The number of rotatable bonds is 4. The van der Waals surface area contributed by atoms with Crippen LogP contribution in [0, 0.1) is 12.7 Å². The summed E-state index contributed by atoms with van der Waals surface area (Å²) in [6.45, 7) is 1.65. The third kappa shape index (κ3) is 3.85. The maximum atomic E-state index is 13.0. The van der Waals surface area contributed by atoms with E-state index in [4.69, 9.17) is 5.11 Å². The molecule has 0 bridgehead atoms. The molecule has 0 aliphatic heterocycles. The Morgan fingerprint density at radius 2 is 2.05 bits per heavy atom. The van der Waals surface area contributed by atoms with Gasteiger partial charge in [-0.1, -0.05) is 0 Å². The highest BCUT2D eigenvalue weighted by Gasteiger charge is 2.10. The second-order valence-electron chi connectivity index (χ2n) is 4.52. The smallest absolute Gasteiger partial charge is 0.309 e. The molecule has 2 N–H and O–H groups in total. The number of aliphatic carboxylic acids is 1. The van der Waals surface area contributed by atoms with Crippen LogP contribution < -0.4 is 5.32 Å². The Morgan fingerprint density at radius 3 is 2.62 bits per heavy atom. The molecule has 2 aromatic rings. The van der Waals surface area contributed by atoms with Crippen molar-refractivity contribution in [3.05, 3.63) is 59.2 Å². The Bertz CT molecular complexity index is 684. The number of hydrogen-bond donors (Lipinski definition) is 2. The Labute approximate surface area is 120 Å². The van der Waals surface area contributed by atoms with E-state index < -0.39 is 11.8 Å². The summed E-state index contributed by atoms with van der Waals surface area (Å²) in [6.07, 6.45) is 1.21. The number of carboxylic acids is 1. The van der Waals surface area contributed by atoms with Crippen LogP contribution in [-0.2, 0) is 11.2 Å². The van der Waals surface area contributed by atoms with Gasteiger partial charge in [-0.3, -0.25) is 14.6 Å². The molecule has 0 aliphatic carbocycles. The zero-order valence-electron chi connectivity index (χ0n) is 11.3. The monoisotopic (exact) mass is 288 g/mol. The van der Waals surface area contributed by atoms with Crippen molar-refractivity contribution in [1.29, 1.82) is 0 Å². The average molecular weight is 288 g/mol. The number of hydrogen-bond acceptors (Lipinski definition) is 3. The highest BCUT2D eigenvalue weighted by molar-refractivity contribution is 6.05. The zero-order chi connectivity index (χ0) is 15.4. The molecule has 0 aliphatic rings. The van der Waals surface area contributed by atoms with Crippen molar-refractivity contribution in [1.82, 2.24) is 4.98 Å². The van der Waals surface area contributed by atoms with Gasteiger partial charge in [0.1, 0.15) is 5.82 Å². The van der Waals surface area contributed by atoms with E-state index in [0.29, 0.717) is 22.5 Å². The van der Waals surface area contributed by atoms with E-state index in [2.05, 4.69) is 10.3 Å². The molecule has 0 fully saturated rings. The van der Waals surface area contributed by atoms with E-state index in [9.17, 15) is 14.0 Å². The van der Waals surface area contributed by atoms with E-state index in [-0.39, 0.29) is 12.3 Å². The number of nitrogens with zero attached hydrogens (tertiary/aromatic N) is 1. The zero-order valence-corrected chi connectivity index (χ0v) is 11.3. The fraction of sp³-hybridized carbons (Fsp3) is 0.133. The molecule has 5 nitrogen and oxygen atoms in total. The Kier molecular flexibility index (Phi) is 4.27. The second kappa shape index (κ2) is 6.13. The summed E-state index contributed by atoms with van der Waals surface area (Å²) in [5.41, 5.74) is 1.74. The van der Waals surface area contributed by atoms with Gasteiger partial charge >= 0.3 is 5.97 Å². The van der Waals surface area contributed by atoms with Crippen molar-refractivity contribution in [2.45, 2.75) is 13.3 Å². The molecular formula is C15H13FN2O3. The van der Waals surface area contributed by atoms with Crippen LogP contribution in [0.2, 0.25) is 0 Å². The quantitative estimate of drug-likeness (QED) is 0.905. The largest absolute Gasteiger partial charge is 0.481 e. The molecular weight excluding hydrogens is 275 g/mol. The van der Waals surface area contributed by atoms with Crippen LogP contribution in [0.15, 0.2) is 36.5 Å². The predicted molar refractivity (Wildman–Crippen MR) is 74.7 cm³/mol. The lowest BCUT2D eigenvalue weighted by atomic mass is 10.1. The van der Waals surface area contributed by atoms with Crippen molar-refractivity contribution in [3.8, 4) is 0 Å². The number of carbonyl (C=O) groups is 2. The molecule has 6 heteroatoms. The molecule has 1 heterocycles. The first-order valence-corrected chi connectivity index (χ1v) is 6.20. The van der Waals surface area contributed by atoms with Gasteiger partial charge in [-0.15, -0.1) is 0 Å². The first-order valence-electron chi connectivity index (χ1n) is 6.20. The summed E-state index contributed by atoms with van der Waals surface area (Å²) >= 11 is 0. The van der Waals surface area contributed by atoms with Gasteiger partial charge in [0, 0.05) is 5.56 Å². The maximum absolute atomic E-state index is 13.0. The number of halogens is 1. The molecule has 2 rings (SSSR count). The number of aryl methyl sites for hydroxylation is 1. The molecule has 0 saturated heterocycles. The maximum Gasteiger partial charge on any atom is 0.309 e. The lowest BCUT2D eigenvalue weighted by molar-refractivity contribution is -0.136. The Hall–Kier alpha value is -2.76. The topological polar surface area (TPSA) is 79.3 Å². The van der Waals surface area contributed by atoms with Gasteiger partial charge in [-0.2, -0.15) is 0 Å². The third-order valence-electron chi connectivity index (χ3n) is 2.85. The van der Waals surface area contributed by atoms with Crippen LogP contribution in [-0.4, -0.2) is 22.0 Å². The number of anilines is 1. The SMILES string of the molecule is Cc1cc(F)ccc1C(=O)Nc1ccc(CC(=O)O)nc1.